The minimum Gasteiger partial charge on any atom is -0.465 e. The van der Waals surface area contributed by atoms with Gasteiger partial charge in [-0.3, -0.25) is 9.59 Å². The lowest BCUT2D eigenvalue weighted by molar-refractivity contribution is -0.156. The van der Waals surface area contributed by atoms with Crippen LogP contribution in [0.3, 0.4) is 0 Å². The van der Waals surface area contributed by atoms with Gasteiger partial charge in [0.15, 0.2) is 0 Å². The average molecular weight is 273 g/mol. The highest BCUT2D eigenvalue weighted by Gasteiger charge is 2.38. The van der Waals surface area contributed by atoms with Crippen LogP contribution in [0.1, 0.15) is 41.0 Å². The van der Waals surface area contributed by atoms with Gasteiger partial charge in [0, 0.05) is 19.8 Å². The number of nitrogens with one attached hydrogen (secondary N) is 1. The van der Waals surface area contributed by atoms with Crippen molar-refractivity contribution >= 4 is 11.9 Å². The molecule has 0 saturated heterocycles. The van der Waals surface area contributed by atoms with E-state index in [9.17, 15) is 9.59 Å². The van der Waals surface area contributed by atoms with Crippen molar-refractivity contribution in [2.24, 2.45) is 11.3 Å². The van der Waals surface area contributed by atoms with Crippen LogP contribution in [0.25, 0.3) is 0 Å². The summed E-state index contributed by atoms with van der Waals surface area (Å²) < 4.78 is 10.2. The molecule has 0 saturated carbocycles. The van der Waals surface area contributed by atoms with Crippen LogP contribution in [0.2, 0.25) is 0 Å². The highest BCUT2D eigenvalue weighted by molar-refractivity contribution is 5.98. The lowest BCUT2D eigenvalue weighted by Crippen LogP contribution is -2.44. The van der Waals surface area contributed by atoms with Crippen LogP contribution in [-0.2, 0) is 19.1 Å². The third-order valence-corrected chi connectivity index (χ3v) is 2.62. The number of hydrogen-bond acceptors (Lipinski definition) is 4. The topological polar surface area (TPSA) is 64.6 Å². The molecule has 5 heteroatoms. The molecular weight excluding hydrogens is 246 g/mol. The molecule has 0 aliphatic rings. The van der Waals surface area contributed by atoms with Gasteiger partial charge in [-0.1, -0.05) is 20.8 Å². The summed E-state index contributed by atoms with van der Waals surface area (Å²) in [6.45, 7) is 11.3. The smallest absolute Gasteiger partial charge is 0.319 e. The third-order valence-electron chi connectivity index (χ3n) is 2.62. The molecular formula is C14H27NO4. The quantitative estimate of drug-likeness (QED) is 0.416. The molecule has 0 aliphatic heterocycles. The molecule has 0 aromatic carbocycles. The van der Waals surface area contributed by atoms with Gasteiger partial charge in [-0.25, -0.2) is 0 Å². The molecule has 0 bridgehead atoms. The van der Waals surface area contributed by atoms with Gasteiger partial charge >= 0.3 is 5.97 Å². The molecule has 0 heterocycles. The van der Waals surface area contributed by atoms with E-state index in [1.165, 1.54) is 0 Å². The fraction of sp³-hybridized carbons (Fsp3) is 0.857. The largest absolute Gasteiger partial charge is 0.465 e. The Morgan fingerprint density at radius 1 is 1.16 bits per heavy atom. The Balaban J connectivity index is 4.36. The Morgan fingerprint density at radius 2 is 1.79 bits per heavy atom. The molecule has 0 aromatic heterocycles. The molecule has 0 radical (unpaired) electrons. The van der Waals surface area contributed by atoms with Crippen LogP contribution < -0.4 is 5.32 Å². The van der Waals surface area contributed by atoms with Crippen molar-refractivity contribution in [1.82, 2.24) is 5.32 Å². The van der Waals surface area contributed by atoms with Crippen LogP contribution in [0.4, 0.5) is 0 Å². The zero-order valence-corrected chi connectivity index (χ0v) is 12.7. The third kappa shape index (κ3) is 7.15. The van der Waals surface area contributed by atoms with E-state index in [1.54, 1.807) is 6.92 Å². The lowest BCUT2D eigenvalue weighted by Gasteiger charge is -2.27. The maximum absolute atomic E-state index is 12.1. The number of carbonyl (C=O) groups is 2. The molecule has 0 aliphatic carbocycles. The minimum atomic E-state index is -0.778. The summed E-state index contributed by atoms with van der Waals surface area (Å²) in [5, 5.41) is 2.77. The second-order valence-electron chi connectivity index (χ2n) is 5.39. The first-order valence-electron chi connectivity index (χ1n) is 6.86. The van der Waals surface area contributed by atoms with Crippen LogP contribution >= 0.6 is 0 Å². The molecule has 1 N–H and O–H groups in total. The monoisotopic (exact) mass is 273 g/mol. The van der Waals surface area contributed by atoms with Crippen molar-refractivity contribution in [1.29, 1.82) is 0 Å². The summed E-state index contributed by atoms with van der Waals surface area (Å²) in [5.74, 6) is -1.51. The van der Waals surface area contributed by atoms with Crippen molar-refractivity contribution in [2.45, 2.75) is 41.0 Å². The number of hydrogen-bond donors (Lipinski definition) is 1. The predicted octanol–water partition coefficient (Wildman–Crippen LogP) is 1.75. The molecule has 1 atom stereocenters. The lowest BCUT2D eigenvalue weighted by atomic mass is 9.80. The zero-order chi connectivity index (χ0) is 14.9. The number of carbonyl (C=O) groups excluding carboxylic acids is 2. The second kappa shape index (κ2) is 8.91. The standard InChI is InChI=1S/C14H27NO4/c1-6-18-10-8-9-15-12(16)11(14(3,4)5)13(17)19-7-2/h11H,6-10H2,1-5H3,(H,15,16). The Bertz CT molecular complexity index is 284. The molecule has 19 heavy (non-hydrogen) atoms. The van der Waals surface area contributed by atoms with Crippen LogP contribution in [0.5, 0.6) is 0 Å². The Hall–Kier alpha value is -1.10. The van der Waals surface area contributed by atoms with E-state index in [0.29, 0.717) is 19.8 Å². The predicted molar refractivity (Wildman–Crippen MR) is 73.7 cm³/mol. The van der Waals surface area contributed by atoms with Gasteiger partial charge in [-0.05, 0) is 25.7 Å². The van der Waals surface area contributed by atoms with E-state index in [0.717, 1.165) is 6.42 Å². The Kier molecular flexibility index (Phi) is 8.39. The maximum atomic E-state index is 12.1. The van der Waals surface area contributed by atoms with Gasteiger partial charge in [-0.15, -0.1) is 0 Å². The molecule has 0 aromatic rings. The number of esters is 1. The van der Waals surface area contributed by atoms with Gasteiger partial charge in [-0.2, -0.15) is 0 Å². The molecule has 0 rings (SSSR count). The molecule has 112 valence electrons. The summed E-state index contributed by atoms with van der Waals surface area (Å²) in [6.07, 6.45) is 0.735. The zero-order valence-electron chi connectivity index (χ0n) is 12.7. The van der Waals surface area contributed by atoms with Crippen LogP contribution in [0.15, 0.2) is 0 Å². The molecule has 0 spiro atoms. The Morgan fingerprint density at radius 3 is 2.26 bits per heavy atom. The van der Waals surface area contributed by atoms with Gasteiger partial charge in [0.05, 0.1) is 6.61 Å². The van der Waals surface area contributed by atoms with Gasteiger partial charge in [0.25, 0.3) is 0 Å². The number of amides is 1. The second-order valence-corrected chi connectivity index (χ2v) is 5.39. The van der Waals surface area contributed by atoms with E-state index < -0.39 is 17.3 Å². The van der Waals surface area contributed by atoms with Crippen LogP contribution in [0, 0.1) is 11.3 Å². The van der Waals surface area contributed by atoms with E-state index in [1.807, 2.05) is 27.7 Å². The van der Waals surface area contributed by atoms with E-state index in [4.69, 9.17) is 9.47 Å². The molecule has 1 amide bonds. The average Bonchev–Trinajstić information content (AvgIpc) is 2.27. The number of ether oxygens (including phenoxy) is 2. The van der Waals surface area contributed by atoms with Gasteiger partial charge in [0.2, 0.25) is 5.91 Å². The van der Waals surface area contributed by atoms with Crippen LogP contribution in [-0.4, -0.2) is 38.2 Å². The summed E-state index contributed by atoms with van der Waals surface area (Å²) in [6, 6.07) is 0. The normalized spacial score (nSPS) is 12.9. The summed E-state index contributed by atoms with van der Waals surface area (Å²) in [7, 11) is 0. The summed E-state index contributed by atoms with van der Waals surface area (Å²) >= 11 is 0. The van der Waals surface area contributed by atoms with Crippen molar-refractivity contribution < 1.29 is 19.1 Å². The van der Waals surface area contributed by atoms with Crippen molar-refractivity contribution in [3.05, 3.63) is 0 Å². The minimum absolute atomic E-state index is 0.276. The van der Waals surface area contributed by atoms with E-state index in [-0.39, 0.29) is 12.5 Å². The fourth-order valence-corrected chi connectivity index (χ4v) is 1.71. The highest BCUT2D eigenvalue weighted by Crippen LogP contribution is 2.27. The first-order chi connectivity index (χ1) is 8.84. The summed E-state index contributed by atoms with van der Waals surface area (Å²) in [4.78, 5) is 23.9. The van der Waals surface area contributed by atoms with Gasteiger partial charge < -0.3 is 14.8 Å². The van der Waals surface area contributed by atoms with E-state index in [2.05, 4.69) is 5.32 Å². The maximum Gasteiger partial charge on any atom is 0.319 e. The molecule has 5 nitrogen and oxygen atoms in total. The fourth-order valence-electron chi connectivity index (χ4n) is 1.71. The van der Waals surface area contributed by atoms with E-state index >= 15 is 0 Å². The van der Waals surface area contributed by atoms with Crippen molar-refractivity contribution in [3.8, 4) is 0 Å². The Labute approximate surface area is 116 Å². The molecule has 0 fully saturated rings. The first kappa shape index (κ1) is 17.9. The highest BCUT2D eigenvalue weighted by atomic mass is 16.5. The summed E-state index contributed by atoms with van der Waals surface area (Å²) in [5.41, 5.74) is -0.462. The molecule has 1 unspecified atom stereocenters. The van der Waals surface area contributed by atoms with Crippen molar-refractivity contribution in [3.63, 3.8) is 0 Å². The SMILES string of the molecule is CCOCCCNC(=O)C(C(=O)OCC)C(C)(C)C. The van der Waals surface area contributed by atoms with Crippen molar-refractivity contribution in [2.75, 3.05) is 26.4 Å². The van der Waals surface area contributed by atoms with Gasteiger partial charge in [0.1, 0.15) is 5.92 Å². The first-order valence-corrected chi connectivity index (χ1v) is 6.86. The number of rotatable bonds is 8.